The molecule has 82 valence electrons. The summed E-state index contributed by atoms with van der Waals surface area (Å²) in [7, 11) is 0. The van der Waals surface area contributed by atoms with Crippen molar-refractivity contribution < 1.29 is 5.11 Å². The maximum absolute atomic E-state index is 11.5. The van der Waals surface area contributed by atoms with Crippen LogP contribution in [0.25, 0.3) is 0 Å². The number of aryl methyl sites for hydroxylation is 1. The predicted octanol–water partition coefficient (Wildman–Crippen LogP) is 1.38. The fourth-order valence-corrected chi connectivity index (χ4v) is 2.29. The average molecular weight is 207 g/mol. The van der Waals surface area contributed by atoms with Gasteiger partial charge in [0.2, 0.25) is 0 Å². The molecule has 0 fully saturated rings. The highest BCUT2D eigenvalue weighted by atomic mass is 16.3. The van der Waals surface area contributed by atoms with Crippen molar-refractivity contribution in [2.45, 2.75) is 39.2 Å². The lowest BCUT2D eigenvalue weighted by Crippen LogP contribution is -2.22. The van der Waals surface area contributed by atoms with Gasteiger partial charge in [-0.1, -0.05) is 13.3 Å². The van der Waals surface area contributed by atoms with Gasteiger partial charge >= 0.3 is 0 Å². The van der Waals surface area contributed by atoms with Crippen LogP contribution in [-0.2, 0) is 19.4 Å². The van der Waals surface area contributed by atoms with Crippen LogP contribution in [0.5, 0.6) is 0 Å². The molecule has 1 heterocycles. The van der Waals surface area contributed by atoms with E-state index in [1.807, 2.05) is 6.07 Å². The Morgan fingerprint density at radius 2 is 2.40 bits per heavy atom. The molecule has 1 aliphatic rings. The van der Waals surface area contributed by atoms with E-state index in [9.17, 15) is 4.79 Å². The summed E-state index contributed by atoms with van der Waals surface area (Å²) in [6, 6.07) is 1.87. The van der Waals surface area contributed by atoms with Crippen LogP contribution in [0, 0.1) is 5.92 Å². The molecule has 1 aromatic rings. The van der Waals surface area contributed by atoms with Gasteiger partial charge in [0.15, 0.2) is 0 Å². The molecule has 0 aromatic carbocycles. The second-order valence-corrected chi connectivity index (χ2v) is 4.30. The highest BCUT2D eigenvalue weighted by Crippen LogP contribution is 2.25. The molecule has 0 spiro atoms. The lowest BCUT2D eigenvalue weighted by molar-refractivity contribution is 0.279. The molecule has 0 radical (unpaired) electrons. The molecule has 2 N–H and O–H groups in total. The first-order valence-electron chi connectivity index (χ1n) is 5.59. The number of aliphatic hydroxyl groups excluding tert-OH is 1. The molecule has 1 aromatic heterocycles. The van der Waals surface area contributed by atoms with E-state index in [-0.39, 0.29) is 12.2 Å². The van der Waals surface area contributed by atoms with Crippen molar-refractivity contribution in [1.29, 1.82) is 0 Å². The number of aromatic nitrogens is 1. The van der Waals surface area contributed by atoms with Crippen LogP contribution in [0.4, 0.5) is 0 Å². The monoisotopic (exact) mass is 207 g/mol. The lowest BCUT2D eigenvalue weighted by Gasteiger charge is -2.23. The Labute approximate surface area is 89.2 Å². The summed E-state index contributed by atoms with van der Waals surface area (Å²) in [6.07, 6.45) is 4.36. The SMILES string of the molecule is CCC1CCc2[nH]c(=O)c(CO)cc2C1. The van der Waals surface area contributed by atoms with Gasteiger partial charge in [0, 0.05) is 11.3 Å². The van der Waals surface area contributed by atoms with E-state index in [2.05, 4.69) is 11.9 Å². The van der Waals surface area contributed by atoms with Crippen LogP contribution < -0.4 is 5.56 Å². The summed E-state index contributed by atoms with van der Waals surface area (Å²) >= 11 is 0. The highest BCUT2D eigenvalue weighted by Gasteiger charge is 2.18. The number of hydrogen-bond acceptors (Lipinski definition) is 2. The first kappa shape index (κ1) is 10.4. The molecule has 1 unspecified atom stereocenters. The zero-order valence-electron chi connectivity index (χ0n) is 9.05. The first-order chi connectivity index (χ1) is 7.24. The van der Waals surface area contributed by atoms with E-state index in [1.165, 1.54) is 12.0 Å². The standard InChI is InChI=1S/C12H17NO2/c1-2-8-3-4-11-9(5-8)6-10(7-14)12(15)13-11/h6,8,14H,2-5,7H2,1H3,(H,13,15). The number of H-pyrrole nitrogens is 1. The largest absolute Gasteiger partial charge is 0.391 e. The van der Waals surface area contributed by atoms with Crippen LogP contribution in [0.15, 0.2) is 10.9 Å². The maximum Gasteiger partial charge on any atom is 0.253 e. The number of aliphatic hydroxyl groups is 1. The Kier molecular flexibility index (Phi) is 2.91. The number of pyridine rings is 1. The molecule has 0 saturated carbocycles. The smallest absolute Gasteiger partial charge is 0.253 e. The van der Waals surface area contributed by atoms with Crippen molar-refractivity contribution in [2.75, 3.05) is 0 Å². The van der Waals surface area contributed by atoms with Gasteiger partial charge in [0.1, 0.15) is 0 Å². The third kappa shape index (κ3) is 1.97. The number of fused-ring (bicyclic) bond motifs is 1. The normalized spacial score (nSPS) is 20.0. The molecule has 0 amide bonds. The van der Waals surface area contributed by atoms with Gasteiger partial charge in [0.05, 0.1) is 6.61 Å². The van der Waals surface area contributed by atoms with E-state index in [0.29, 0.717) is 5.56 Å². The Morgan fingerprint density at radius 3 is 3.07 bits per heavy atom. The molecule has 1 atom stereocenters. The quantitative estimate of drug-likeness (QED) is 0.769. The molecule has 2 rings (SSSR count). The second kappa shape index (κ2) is 4.19. The van der Waals surface area contributed by atoms with Gasteiger partial charge < -0.3 is 10.1 Å². The van der Waals surface area contributed by atoms with Gasteiger partial charge in [-0.05, 0) is 36.8 Å². The third-order valence-electron chi connectivity index (χ3n) is 3.35. The van der Waals surface area contributed by atoms with Crippen LogP contribution in [0.3, 0.4) is 0 Å². The van der Waals surface area contributed by atoms with Gasteiger partial charge in [-0.25, -0.2) is 0 Å². The molecular weight excluding hydrogens is 190 g/mol. The summed E-state index contributed by atoms with van der Waals surface area (Å²) < 4.78 is 0. The number of nitrogens with one attached hydrogen (secondary N) is 1. The maximum atomic E-state index is 11.5. The average Bonchev–Trinajstić information content (AvgIpc) is 2.27. The fraction of sp³-hybridized carbons (Fsp3) is 0.583. The summed E-state index contributed by atoms with van der Waals surface area (Å²) in [4.78, 5) is 14.3. The zero-order chi connectivity index (χ0) is 10.8. The van der Waals surface area contributed by atoms with Crippen molar-refractivity contribution >= 4 is 0 Å². The molecule has 3 heteroatoms. The molecule has 0 aliphatic heterocycles. The minimum atomic E-state index is -0.167. The minimum absolute atomic E-state index is 0.133. The van der Waals surface area contributed by atoms with E-state index in [1.54, 1.807) is 0 Å². The van der Waals surface area contributed by atoms with E-state index >= 15 is 0 Å². The van der Waals surface area contributed by atoms with Gasteiger partial charge in [0.25, 0.3) is 5.56 Å². The van der Waals surface area contributed by atoms with Gasteiger partial charge in [-0.2, -0.15) is 0 Å². The number of hydrogen-bond donors (Lipinski definition) is 2. The van der Waals surface area contributed by atoms with Crippen molar-refractivity contribution in [3.05, 3.63) is 33.2 Å². The Balaban J connectivity index is 2.37. The third-order valence-corrected chi connectivity index (χ3v) is 3.35. The minimum Gasteiger partial charge on any atom is -0.391 e. The summed E-state index contributed by atoms with van der Waals surface area (Å²) in [5.41, 5.74) is 2.65. The molecule has 0 saturated heterocycles. The predicted molar refractivity (Wildman–Crippen MR) is 58.8 cm³/mol. The van der Waals surface area contributed by atoms with Crippen LogP contribution in [-0.4, -0.2) is 10.1 Å². The first-order valence-corrected chi connectivity index (χ1v) is 5.59. The van der Waals surface area contributed by atoms with E-state index < -0.39 is 0 Å². The zero-order valence-corrected chi connectivity index (χ0v) is 9.05. The lowest BCUT2D eigenvalue weighted by atomic mass is 9.84. The van der Waals surface area contributed by atoms with E-state index in [4.69, 9.17) is 5.11 Å². The van der Waals surface area contributed by atoms with E-state index in [0.717, 1.165) is 30.9 Å². The molecule has 3 nitrogen and oxygen atoms in total. The molecule has 15 heavy (non-hydrogen) atoms. The highest BCUT2D eigenvalue weighted by molar-refractivity contribution is 5.27. The van der Waals surface area contributed by atoms with Crippen molar-refractivity contribution in [2.24, 2.45) is 5.92 Å². The van der Waals surface area contributed by atoms with Crippen molar-refractivity contribution in [1.82, 2.24) is 4.98 Å². The van der Waals surface area contributed by atoms with Crippen LogP contribution in [0.1, 0.15) is 36.6 Å². The molecule has 1 aliphatic carbocycles. The van der Waals surface area contributed by atoms with Gasteiger partial charge in [-0.3, -0.25) is 4.79 Å². The Hall–Kier alpha value is -1.09. The second-order valence-electron chi connectivity index (χ2n) is 4.30. The van der Waals surface area contributed by atoms with Crippen LogP contribution in [0.2, 0.25) is 0 Å². The Morgan fingerprint density at radius 1 is 1.60 bits per heavy atom. The number of aromatic amines is 1. The summed E-state index contributed by atoms with van der Waals surface area (Å²) in [5, 5.41) is 9.02. The number of rotatable bonds is 2. The van der Waals surface area contributed by atoms with Crippen LogP contribution >= 0.6 is 0 Å². The van der Waals surface area contributed by atoms with Gasteiger partial charge in [-0.15, -0.1) is 0 Å². The topological polar surface area (TPSA) is 53.1 Å². The summed E-state index contributed by atoms with van der Waals surface area (Å²) in [5.74, 6) is 0.731. The summed E-state index contributed by atoms with van der Waals surface area (Å²) in [6.45, 7) is 2.04. The fourth-order valence-electron chi connectivity index (χ4n) is 2.29. The van der Waals surface area contributed by atoms with Crippen molar-refractivity contribution in [3.8, 4) is 0 Å². The van der Waals surface area contributed by atoms with Crippen molar-refractivity contribution in [3.63, 3.8) is 0 Å². The molecular formula is C12H17NO2. The Bertz CT molecular complexity index is 409. The molecule has 0 bridgehead atoms.